The molecule has 0 aromatic heterocycles. The fraction of sp³-hybridized carbons (Fsp3) is 0.348. The first kappa shape index (κ1) is 23.7. The number of rotatable bonds is 8. The standard InChI is InChI=1S/C23H25Cl2N3O2S/c1-15-19(22(29)30)21(17-10-6-11-18(24)20(17)25)28(23(31)26-15)13-7-12-27(2)14-16-8-4-3-5-9-16/h3-6,8-11,19,21H,7,12-14H2,1-2H3,(H,29,30). The third-order valence-corrected chi connectivity index (χ3v) is 6.58. The highest BCUT2D eigenvalue weighted by Gasteiger charge is 2.41. The molecule has 0 saturated carbocycles. The SMILES string of the molecule is CC1=NC(=S)N(CCCN(C)Cc2ccccc2)C(c2cccc(Cl)c2Cl)C1C(=O)O. The second-order valence-corrected chi connectivity index (χ2v) is 8.86. The van der Waals surface area contributed by atoms with Crippen LogP contribution in [0.3, 0.4) is 0 Å². The molecule has 8 heteroatoms. The van der Waals surface area contributed by atoms with Gasteiger partial charge in [0.25, 0.3) is 0 Å². The van der Waals surface area contributed by atoms with Crippen LogP contribution in [0.4, 0.5) is 0 Å². The Balaban J connectivity index is 1.79. The quantitative estimate of drug-likeness (QED) is 0.521. The van der Waals surface area contributed by atoms with Crippen molar-refractivity contribution < 1.29 is 9.90 Å². The first-order valence-corrected chi connectivity index (χ1v) is 11.2. The minimum atomic E-state index is -0.962. The van der Waals surface area contributed by atoms with Gasteiger partial charge < -0.3 is 14.9 Å². The van der Waals surface area contributed by atoms with E-state index in [1.807, 2.05) is 29.2 Å². The zero-order chi connectivity index (χ0) is 22.5. The minimum absolute atomic E-state index is 0.351. The summed E-state index contributed by atoms with van der Waals surface area (Å²) in [6.45, 7) is 3.92. The Hall–Kier alpha value is -1.99. The van der Waals surface area contributed by atoms with E-state index in [1.54, 1.807) is 19.1 Å². The summed E-state index contributed by atoms with van der Waals surface area (Å²) in [6.07, 6.45) is 0.791. The molecule has 31 heavy (non-hydrogen) atoms. The van der Waals surface area contributed by atoms with E-state index in [2.05, 4.69) is 29.1 Å². The molecule has 0 bridgehead atoms. The van der Waals surface area contributed by atoms with Crippen molar-refractivity contribution in [3.8, 4) is 0 Å². The van der Waals surface area contributed by atoms with Crippen molar-refractivity contribution in [3.63, 3.8) is 0 Å². The van der Waals surface area contributed by atoms with Gasteiger partial charge in [-0.2, -0.15) is 0 Å². The zero-order valence-corrected chi connectivity index (χ0v) is 19.8. The van der Waals surface area contributed by atoms with E-state index in [9.17, 15) is 9.90 Å². The van der Waals surface area contributed by atoms with Crippen LogP contribution in [-0.2, 0) is 11.3 Å². The van der Waals surface area contributed by atoms with Gasteiger partial charge in [0.05, 0.1) is 16.1 Å². The highest BCUT2D eigenvalue weighted by Crippen LogP contribution is 2.40. The number of thiocarbonyl (C=S) groups is 1. The van der Waals surface area contributed by atoms with Crippen LogP contribution in [-0.4, -0.2) is 51.8 Å². The van der Waals surface area contributed by atoms with Crippen molar-refractivity contribution >= 4 is 52.2 Å². The van der Waals surface area contributed by atoms with Crippen LogP contribution < -0.4 is 0 Å². The van der Waals surface area contributed by atoms with Gasteiger partial charge >= 0.3 is 5.97 Å². The Labute approximate surface area is 198 Å². The molecule has 0 amide bonds. The van der Waals surface area contributed by atoms with Crippen LogP contribution in [0.2, 0.25) is 10.0 Å². The van der Waals surface area contributed by atoms with E-state index < -0.39 is 17.9 Å². The maximum atomic E-state index is 12.1. The highest BCUT2D eigenvalue weighted by molar-refractivity contribution is 7.80. The number of carboxylic acids is 1. The van der Waals surface area contributed by atoms with Crippen LogP contribution in [0.25, 0.3) is 0 Å². The summed E-state index contributed by atoms with van der Waals surface area (Å²) < 4.78 is 0. The minimum Gasteiger partial charge on any atom is -0.481 e. The molecule has 3 rings (SSSR count). The average molecular weight is 478 g/mol. The lowest BCUT2D eigenvalue weighted by Gasteiger charge is -2.40. The van der Waals surface area contributed by atoms with E-state index in [1.165, 1.54) is 5.56 Å². The normalized spacial score (nSPS) is 18.9. The molecule has 1 heterocycles. The molecule has 2 aromatic rings. The smallest absolute Gasteiger partial charge is 0.314 e. The Morgan fingerprint density at radius 2 is 1.90 bits per heavy atom. The van der Waals surface area contributed by atoms with Crippen LogP contribution >= 0.6 is 35.4 Å². The number of hydrogen-bond donors (Lipinski definition) is 1. The molecular formula is C23H25Cl2N3O2S. The predicted molar refractivity (Wildman–Crippen MR) is 130 cm³/mol. The summed E-state index contributed by atoms with van der Waals surface area (Å²) in [7, 11) is 2.06. The van der Waals surface area contributed by atoms with Gasteiger partial charge in [0, 0.05) is 18.8 Å². The Morgan fingerprint density at radius 3 is 2.58 bits per heavy atom. The second-order valence-electron chi connectivity index (χ2n) is 7.71. The molecular weight excluding hydrogens is 453 g/mol. The maximum absolute atomic E-state index is 12.1. The second kappa shape index (κ2) is 10.6. The van der Waals surface area contributed by atoms with Crippen molar-refractivity contribution in [2.45, 2.75) is 25.9 Å². The fourth-order valence-corrected chi connectivity index (χ4v) is 4.71. The number of benzene rings is 2. The lowest BCUT2D eigenvalue weighted by molar-refractivity contribution is -0.141. The van der Waals surface area contributed by atoms with Crippen LogP contribution in [0.5, 0.6) is 0 Å². The van der Waals surface area contributed by atoms with Gasteiger partial charge in [-0.25, -0.2) is 4.99 Å². The van der Waals surface area contributed by atoms with Gasteiger partial charge in [0.15, 0.2) is 5.11 Å². The molecule has 1 aliphatic rings. The van der Waals surface area contributed by atoms with Crippen molar-refractivity contribution in [2.75, 3.05) is 20.1 Å². The number of aliphatic imine (C=N–C) groups is 1. The lowest BCUT2D eigenvalue weighted by atomic mass is 9.87. The van der Waals surface area contributed by atoms with Gasteiger partial charge in [-0.3, -0.25) is 4.79 Å². The highest BCUT2D eigenvalue weighted by atomic mass is 35.5. The van der Waals surface area contributed by atoms with Gasteiger partial charge in [-0.05, 0) is 56.3 Å². The largest absolute Gasteiger partial charge is 0.481 e. The summed E-state index contributed by atoms with van der Waals surface area (Å²) in [5, 5.41) is 11.1. The number of aliphatic carboxylic acids is 1. The van der Waals surface area contributed by atoms with Crippen LogP contribution in [0, 0.1) is 5.92 Å². The molecule has 0 saturated heterocycles. The van der Waals surface area contributed by atoms with Gasteiger partial charge in [0.2, 0.25) is 0 Å². The Bertz CT molecular complexity index is 984. The van der Waals surface area contributed by atoms with Crippen molar-refractivity contribution in [3.05, 3.63) is 69.7 Å². The Kier molecular flexibility index (Phi) is 8.06. The van der Waals surface area contributed by atoms with Crippen molar-refractivity contribution in [1.29, 1.82) is 0 Å². The van der Waals surface area contributed by atoms with Crippen molar-refractivity contribution in [1.82, 2.24) is 9.80 Å². The average Bonchev–Trinajstić information content (AvgIpc) is 2.72. The topological polar surface area (TPSA) is 56.1 Å². The molecule has 2 aromatic carbocycles. The van der Waals surface area contributed by atoms with E-state index in [-0.39, 0.29) is 0 Å². The zero-order valence-electron chi connectivity index (χ0n) is 17.5. The third kappa shape index (κ3) is 5.63. The molecule has 1 N–H and O–H groups in total. The molecule has 0 spiro atoms. The van der Waals surface area contributed by atoms with Gasteiger partial charge in [-0.15, -0.1) is 0 Å². The van der Waals surface area contributed by atoms with Gasteiger partial charge in [-0.1, -0.05) is 65.7 Å². The number of carbonyl (C=O) groups is 1. The molecule has 1 aliphatic heterocycles. The molecule has 0 radical (unpaired) electrons. The Morgan fingerprint density at radius 1 is 1.19 bits per heavy atom. The van der Waals surface area contributed by atoms with E-state index in [4.69, 9.17) is 35.4 Å². The number of nitrogens with zero attached hydrogens (tertiary/aromatic N) is 3. The first-order chi connectivity index (χ1) is 14.8. The van der Waals surface area contributed by atoms with E-state index in [0.717, 1.165) is 19.5 Å². The molecule has 2 unspecified atom stereocenters. The number of hydrogen-bond acceptors (Lipinski definition) is 3. The summed E-state index contributed by atoms with van der Waals surface area (Å²) in [5.74, 6) is -1.82. The van der Waals surface area contributed by atoms with E-state index in [0.29, 0.717) is 33.0 Å². The van der Waals surface area contributed by atoms with E-state index >= 15 is 0 Å². The summed E-state index contributed by atoms with van der Waals surface area (Å²) in [6, 6.07) is 15.0. The summed E-state index contributed by atoms with van der Waals surface area (Å²) >= 11 is 18.3. The molecule has 2 atom stereocenters. The first-order valence-electron chi connectivity index (χ1n) is 10.0. The van der Waals surface area contributed by atoms with Gasteiger partial charge in [0.1, 0.15) is 5.92 Å². The van der Waals surface area contributed by atoms with Crippen molar-refractivity contribution in [2.24, 2.45) is 10.9 Å². The third-order valence-electron chi connectivity index (χ3n) is 5.42. The molecule has 164 valence electrons. The summed E-state index contributed by atoms with van der Waals surface area (Å²) in [4.78, 5) is 20.6. The monoisotopic (exact) mass is 477 g/mol. The predicted octanol–water partition coefficient (Wildman–Crippen LogP) is 5.32. The number of carboxylic acid groups (broad SMARTS) is 1. The molecule has 0 fully saturated rings. The molecule has 5 nitrogen and oxygen atoms in total. The molecule has 0 aliphatic carbocycles. The summed E-state index contributed by atoms with van der Waals surface area (Å²) in [5.41, 5.74) is 2.36. The van der Waals surface area contributed by atoms with Crippen LogP contribution in [0.1, 0.15) is 30.5 Å². The van der Waals surface area contributed by atoms with Crippen LogP contribution in [0.15, 0.2) is 53.5 Å². The maximum Gasteiger partial charge on any atom is 0.314 e. The number of halogens is 2. The fourth-order valence-electron chi connectivity index (χ4n) is 3.94. The lowest BCUT2D eigenvalue weighted by Crippen LogP contribution is -2.47.